The predicted molar refractivity (Wildman–Crippen MR) is 49.1 cm³/mol. The fraction of sp³-hybridized carbons (Fsp3) is 0.300. The molecule has 1 aromatic rings. The molecule has 0 N–H and O–H groups in total. The highest BCUT2D eigenvalue weighted by Gasteiger charge is 2.15. The maximum Gasteiger partial charge on any atom is 0.255 e. The van der Waals surface area contributed by atoms with Gasteiger partial charge in [-0.15, -0.1) is 0 Å². The van der Waals surface area contributed by atoms with Crippen molar-refractivity contribution in [2.24, 2.45) is 0 Å². The number of nitrogens with zero attached hydrogens (tertiary/aromatic N) is 1. The summed E-state index contributed by atoms with van der Waals surface area (Å²) in [4.78, 5) is 12.5. The highest BCUT2D eigenvalue weighted by atomic mass is 19.1. The summed E-state index contributed by atoms with van der Waals surface area (Å²) < 4.78 is 12.7. The van der Waals surface area contributed by atoms with Crippen LogP contribution in [0, 0.1) is 0 Å². The van der Waals surface area contributed by atoms with E-state index >= 15 is 0 Å². The smallest absolute Gasteiger partial charge is 0.255 e. The lowest BCUT2D eigenvalue weighted by Crippen LogP contribution is -2.32. The fourth-order valence-electron chi connectivity index (χ4n) is 0.946. The van der Waals surface area contributed by atoms with Gasteiger partial charge in [0.15, 0.2) is 6.30 Å². The van der Waals surface area contributed by atoms with Crippen molar-refractivity contribution in [1.82, 2.24) is 4.90 Å². The van der Waals surface area contributed by atoms with Crippen LogP contribution in [0.25, 0.3) is 0 Å². The molecule has 3 heteroatoms. The van der Waals surface area contributed by atoms with E-state index < -0.39 is 6.30 Å². The average molecular weight is 181 g/mol. The summed E-state index contributed by atoms with van der Waals surface area (Å²) >= 11 is 0. The molecule has 70 valence electrons. The van der Waals surface area contributed by atoms with E-state index in [0.717, 1.165) is 4.90 Å². The third-order valence-corrected chi connectivity index (χ3v) is 1.87. The second-order valence-corrected chi connectivity index (χ2v) is 2.86. The van der Waals surface area contributed by atoms with Crippen LogP contribution in [0.5, 0.6) is 0 Å². The van der Waals surface area contributed by atoms with E-state index in [1.807, 2.05) is 6.07 Å². The number of carbonyl (C=O) groups excluding carboxylic acids is 1. The molecule has 0 radical (unpaired) electrons. The highest BCUT2D eigenvalue weighted by Crippen LogP contribution is 2.06. The maximum atomic E-state index is 12.7. The third-order valence-electron chi connectivity index (χ3n) is 1.87. The Kier molecular flexibility index (Phi) is 3.01. The number of hydrogen-bond acceptors (Lipinski definition) is 1. The Morgan fingerprint density at radius 3 is 2.38 bits per heavy atom. The lowest BCUT2D eigenvalue weighted by molar-refractivity contribution is 0.0594. The summed E-state index contributed by atoms with van der Waals surface area (Å²) in [6, 6.07) is 8.66. The Morgan fingerprint density at radius 2 is 1.92 bits per heavy atom. The van der Waals surface area contributed by atoms with Crippen LogP contribution < -0.4 is 0 Å². The van der Waals surface area contributed by atoms with Crippen molar-refractivity contribution < 1.29 is 9.18 Å². The van der Waals surface area contributed by atoms with E-state index in [9.17, 15) is 9.18 Å². The Balaban J connectivity index is 2.80. The molecular weight excluding hydrogens is 169 g/mol. The molecule has 0 spiro atoms. The van der Waals surface area contributed by atoms with Gasteiger partial charge in [0.25, 0.3) is 5.91 Å². The van der Waals surface area contributed by atoms with Crippen LogP contribution in [0.15, 0.2) is 30.3 Å². The molecule has 1 atom stereocenters. The molecule has 2 nitrogen and oxygen atoms in total. The topological polar surface area (TPSA) is 20.3 Å². The molecule has 0 bridgehead atoms. The van der Waals surface area contributed by atoms with E-state index in [1.54, 1.807) is 24.3 Å². The zero-order chi connectivity index (χ0) is 9.84. The first-order valence-corrected chi connectivity index (χ1v) is 4.09. The van der Waals surface area contributed by atoms with Crippen LogP contribution in [-0.4, -0.2) is 24.2 Å². The Morgan fingerprint density at radius 1 is 1.38 bits per heavy atom. The Labute approximate surface area is 77.0 Å². The predicted octanol–water partition coefficient (Wildman–Crippen LogP) is 2.07. The minimum absolute atomic E-state index is 0.296. The van der Waals surface area contributed by atoms with Crippen LogP contribution in [0.3, 0.4) is 0 Å². The summed E-state index contributed by atoms with van der Waals surface area (Å²) in [5.74, 6) is -0.296. The molecule has 1 rings (SSSR count). The van der Waals surface area contributed by atoms with Crippen molar-refractivity contribution in [3.8, 4) is 0 Å². The lowest BCUT2D eigenvalue weighted by atomic mass is 10.2. The van der Waals surface area contributed by atoms with Gasteiger partial charge in [0.1, 0.15) is 0 Å². The van der Waals surface area contributed by atoms with Gasteiger partial charge >= 0.3 is 0 Å². The molecule has 1 amide bonds. The van der Waals surface area contributed by atoms with Crippen LogP contribution >= 0.6 is 0 Å². The SMILES string of the molecule is CC(F)N(C)C(=O)c1ccccc1. The minimum atomic E-state index is -1.26. The molecule has 0 aliphatic heterocycles. The molecular formula is C10H12FNO. The summed E-state index contributed by atoms with van der Waals surface area (Å²) in [5, 5.41) is 0. The fourth-order valence-corrected chi connectivity index (χ4v) is 0.946. The Hall–Kier alpha value is -1.38. The molecule has 13 heavy (non-hydrogen) atoms. The molecule has 1 aromatic carbocycles. The van der Waals surface area contributed by atoms with Crippen LogP contribution in [0.4, 0.5) is 4.39 Å². The minimum Gasteiger partial charge on any atom is -0.312 e. The number of hydrogen-bond donors (Lipinski definition) is 0. The first-order chi connectivity index (χ1) is 6.13. The largest absolute Gasteiger partial charge is 0.312 e. The Bertz CT molecular complexity index is 284. The summed E-state index contributed by atoms with van der Waals surface area (Å²) in [6.45, 7) is 1.33. The molecule has 1 unspecified atom stereocenters. The number of amides is 1. The molecule has 0 fully saturated rings. The van der Waals surface area contributed by atoms with Gasteiger partial charge in [-0.05, 0) is 19.1 Å². The van der Waals surface area contributed by atoms with Gasteiger partial charge in [-0.3, -0.25) is 4.79 Å². The number of rotatable bonds is 2. The summed E-state index contributed by atoms with van der Waals surface area (Å²) in [7, 11) is 1.44. The maximum absolute atomic E-state index is 12.7. The lowest BCUT2D eigenvalue weighted by Gasteiger charge is -2.18. The van der Waals surface area contributed by atoms with E-state index in [4.69, 9.17) is 0 Å². The monoisotopic (exact) mass is 181 g/mol. The zero-order valence-corrected chi connectivity index (χ0v) is 7.70. The van der Waals surface area contributed by atoms with Gasteiger partial charge < -0.3 is 4.90 Å². The van der Waals surface area contributed by atoms with Gasteiger partial charge in [0.2, 0.25) is 0 Å². The normalized spacial score (nSPS) is 12.2. The first kappa shape index (κ1) is 9.71. The van der Waals surface area contributed by atoms with Gasteiger partial charge in [-0.25, -0.2) is 4.39 Å². The van der Waals surface area contributed by atoms with Gasteiger partial charge in [-0.2, -0.15) is 0 Å². The third kappa shape index (κ3) is 2.28. The summed E-state index contributed by atoms with van der Waals surface area (Å²) in [5.41, 5.74) is 0.509. The van der Waals surface area contributed by atoms with Gasteiger partial charge in [-0.1, -0.05) is 18.2 Å². The van der Waals surface area contributed by atoms with Crippen LogP contribution in [0.1, 0.15) is 17.3 Å². The van der Waals surface area contributed by atoms with Gasteiger partial charge in [0.05, 0.1) is 0 Å². The van der Waals surface area contributed by atoms with Crippen molar-refractivity contribution in [3.63, 3.8) is 0 Å². The van der Waals surface area contributed by atoms with Crippen LogP contribution in [0.2, 0.25) is 0 Å². The molecule has 0 aliphatic rings. The van der Waals surface area contributed by atoms with Crippen molar-refractivity contribution in [3.05, 3.63) is 35.9 Å². The van der Waals surface area contributed by atoms with Crippen LogP contribution in [-0.2, 0) is 0 Å². The summed E-state index contributed by atoms with van der Waals surface area (Å²) in [6.07, 6.45) is -1.26. The van der Waals surface area contributed by atoms with Gasteiger partial charge in [0, 0.05) is 12.6 Å². The van der Waals surface area contributed by atoms with E-state index in [1.165, 1.54) is 14.0 Å². The highest BCUT2D eigenvalue weighted by molar-refractivity contribution is 5.94. The molecule has 0 heterocycles. The standard InChI is InChI=1S/C10H12FNO/c1-8(11)12(2)10(13)9-6-4-3-5-7-9/h3-8H,1-2H3. The first-order valence-electron chi connectivity index (χ1n) is 4.09. The van der Waals surface area contributed by atoms with Crippen molar-refractivity contribution in [2.45, 2.75) is 13.2 Å². The van der Waals surface area contributed by atoms with Crippen molar-refractivity contribution in [2.75, 3.05) is 7.05 Å². The van der Waals surface area contributed by atoms with E-state index in [2.05, 4.69) is 0 Å². The van der Waals surface area contributed by atoms with Crippen molar-refractivity contribution in [1.29, 1.82) is 0 Å². The van der Waals surface area contributed by atoms with E-state index in [-0.39, 0.29) is 5.91 Å². The zero-order valence-electron chi connectivity index (χ0n) is 7.70. The quantitative estimate of drug-likeness (QED) is 0.639. The number of carbonyl (C=O) groups is 1. The molecule has 0 saturated heterocycles. The number of benzene rings is 1. The molecule has 0 aliphatic carbocycles. The second kappa shape index (κ2) is 4.03. The van der Waals surface area contributed by atoms with E-state index in [0.29, 0.717) is 5.56 Å². The van der Waals surface area contributed by atoms with Crippen molar-refractivity contribution >= 4 is 5.91 Å². The molecule has 0 aromatic heterocycles. The molecule has 0 saturated carbocycles. The number of halogens is 1. The number of alkyl halides is 1. The average Bonchev–Trinajstić information content (AvgIpc) is 2.17. The second-order valence-electron chi connectivity index (χ2n) is 2.86.